The lowest BCUT2D eigenvalue weighted by Crippen LogP contribution is -2.23. The minimum atomic E-state index is -0.0591. The monoisotopic (exact) mass is 333 g/mol. The van der Waals surface area contributed by atoms with E-state index >= 15 is 0 Å². The average molecular weight is 333 g/mol. The van der Waals surface area contributed by atoms with Crippen molar-refractivity contribution in [3.63, 3.8) is 0 Å². The number of rotatable bonds is 4. The molecule has 0 unspecified atom stereocenters. The maximum absolute atomic E-state index is 6.42. The Hall–Kier alpha value is -3.54. The number of benzene rings is 2. The molecule has 0 aliphatic rings. The zero-order valence-electron chi connectivity index (χ0n) is 13.8. The number of methoxy groups -OCH3 is 1. The van der Waals surface area contributed by atoms with Crippen molar-refractivity contribution in [1.82, 2.24) is 4.98 Å². The van der Waals surface area contributed by atoms with Crippen LogP contribution in [0.15, 0.2) is 65.8 Å². The van der Waals surface area contributed by atoms with Crippen molar-refractivity contribution in [2.75, 3.05) is 7.11 Å². The molecule has 0 saturated carbocycles. The Labute approximate surface area is 145 Å². The van der Waals surface area contributed by atoms with Gasteiger partial charge in [0, 0.05) is 22.7 Å². The molecule has 0 radical (unpaired) electrons. The van der Waals surface area contributed by atoms with E-state index in [1.54, 1.807) is 13.3 Å². The molecule has 2 aromatic carbocycles. The molecule has 0 amide bonds. The second-order valence-corrected chi connectivity index (χ2v) is 5.42. The van der Waals surface area contributed by atoms with E-state index in [0.717, 1.165) is 22.0 Å². The second-order valence-electron chi connectivity index (χ2n) is 5.42. The molecule has 0 bridgehead atoms. The first kappa shape index (κ1) is 16.3. The second kappa shape index (κ2) is 6.92. The van der Waals surface area contributed by atoms with Crippen LogP contribution in [0.3, 0.4) is 0 Å². The number of nitrogens with two attached hydrogens (primary N) is 3. The molecule has 0 aliphatic carbocycles. The van der Waals surface area contributed by atoms with E-state index in [1.807, 2.05) is 54.6 Å². The largest absolute Gasteiger partial charge is 0.494 e. The molecule has 0 saturated heterocycles. The van der Waals surface area contributed by atoms with Crippen LogP contribution in [-0.4, -0.2) is 18.1 Å². The summed E-state index contributed by atoms with van der Waals surface area (Å²) in [5.74, 6) is 0.574. The highest BCUT2D eigenvalue weighted by molar-refractivity contribution is 5.97. The van der Waals surface area contributed by atoms with E-state index in [2.05, 4.69) is 9.98 Å². The summed E-state index contributed by atoms with van der Waals surface area (Å²) < 4.78 is 5.46. The van der Waals surface area contributed by atoms with Crippen LogP contribution in [0, 0.1) is 0 Å². The fourth-order valence-corrected chi connectivity index (χ4v) is 2.61. The summed E-state index contributed by atoms with van der Waals surface area (Å²) in [7, 11) is 1.60. The third-order valence-electron chi connectivity index (χ3n) is 3.74. The Kier molecular flexibility index (Phi) is 4.52. The maximum Gasteiger partial charge on any atom is 0.191 e. The molecular formula is C19H19N5O. The first-order valence-corrected chi connectivity index (χ1v) is 7.68. The Morgan fingerprint density at radius 3 is 2.40 bits per heavy atom. The number of nitrogens with zero attached hydrogens (tertiary/aromatic N) is 2. The van der Waals surface area contributed by atoms with Crippen LogP contribution in [0.25, 0.3) is 22.3 Å². The van der Waals surface area contributed by atoms with Crippen molar-refractivity contribution in [2.24, 2.45) is 22.2 Å². The first-order chi connectivity index (χ1) is 12.1. The SMILES string of the molecule is COc1cc(/C(N)=C(/N=C(N)N)c2ccccc2)cc2cccnc12. The molecule has 0 spiro atoms. The summed E-state index contributed by atoms with van der Waals surface area (Å²) in [4.78, 5) is 8.58. The molecule has 3 aromatic rings. The number of aliphatic imine (C=N–C) groups is 1. The topological polar surface area (TPSA) is 113 Å². The quantitative estimate of drug-likeness (QED) is 0.385. The minimum Gasteiger partial charge on any atom is -0.494 e. The maximum atomic E-state index is 6.42. The van der Waals surface area contributed by atoms with Gasteiger partial charge in [-0.1, -0.05) is 36.4 Å². The van der Waals surface area contributed by atoms with Crippen molar-refractivity contribution in [1.29, 1.82) is 0 Å². The molecule has 1 heterocycles. The van der Waals surface area contributed by atoms with Crippen LogP contribution < -0.4 is 21.9 Å². The van der Waals surface area contributed by atoms with Crippen molar-refractivity contribution >= 4 is 28.3 Å². The van der Waals surface area contributed by atoms with Crippen molar-refractivity contribution < 1.29 is 4.74 Å². The lowest BCUT2D eigenvalue weighted by molar-refractivity contribution is 0.419. The Bertz CT molecular complexity index is 960. The molecule has 6 nitrogen and oxygen atoms in total. The van der Waals surface area contributed by atoms with E-state index in [4.69, 9.17) is 21.9 Å². The number of hydrogen-bond acceptors (Lipinski definition) is 4. The van der Waals surface area contributed by atoms with Crippen molar-refractivity contribution in [2.45, 2.75) is 0 Å². The lowest BCUT2D eigenvalue weighted by atomic mass is 10.0. The van der Waals surface area contributed by atoms with Gasteiger partial charge in [0.15, 0.2) is 5.96 Å². The Balaban J connectivity index is 2.26. The Morgan fingerprint density at radius 1 is 0.960 bits per heavy atom. The zero-order chi connectivity index (χ0) is 17.8. The van der Waals surface area contributed by atoms with Crippen LogP contribution in [0.5, 0.6) is 5.75 Å². The molecular weight excluding hydrogens is 314 g/mol. The van der Waals surface area contributed by atoms with E-state index in [1.165, 1.54) is 0 Å². The van der Waals surface area contributed by atoms with Gasteiger partial charge < -0.3 is 21.9 Å². The fourth-order valence-electron chi connectivity index (χ4n) is 2.61. The van der Waals surface area contributed by atoms with Crippen LogP contribution >= 0.6 is 0 Å². The highest BCUT2D eigenvalue weighted by Crippen LogP contribution is 2.31. The molecule has 1 aromatic heterocycles. The van der Waals surface area contributed by atoms with Gasteiger partial charge in [0.25, 0.3) is 0 Å². The molecule has 0 atom stereocenters. The minimum absolute atomic E-state index is 0.0591. The summed E-state index contributed by atoms with van der Waals surface area (Å²) >= 11 is 0. The van der Waals surface area contributed by atoms with Crippen molar-refractivity contribution in [3.05, 3.63) is 71.9 Å². The van der Waals surface area contributed by atoms with Gasteiger partial charge in [0.2, 0.25) is 0 Å². The highest BCUT2D eigenvalue weighted by Gasteiger charge is 2.12. The lowest BCUT2D eigenvalue weighted by Gasteiger charge is -2.12. The number of aromatic nitrogens is 1. The average Bonchev–Trinajstić information content (AvgIpc) is 2.65. The van der Waals surface area contributed by atoms with Gasteiger partial charge in [-0.2, -0.15) is 0 Å². The van der Waals surface area contributed by atoms with E-state index in [0.29, 0.717) is 17.1 Å². The third-order valence-corrected chi connectivity index (χ3v) is 3.74. The van der Waals surface area contributed by atoms with Crippen LogP contribution in [0.4, 0.5) is 0 Å². The van der Waals surface area contributed by atoms with Crippen LogP contribution in [0.1, 0.15) is 11.1 Å². The molecule has 0 aliphatic heterocycles. The molecule has 25 heavy (non-hydrogen) atoms. The predicted octanol–water partition coefficient (Wildman–Crippen LogP) is 2.30. The number of ether oxygens (including phenoxy) is 1. The van der Waals surface area contributed by atoms with Gasteiger partial charge >= 0.3 is 0 Å². The summed E-state index contributed by atoms with van der Waals surface area (Å²) in [6.07, 6.45) is 1.72. The highest BCUT2D eigenvalue weighted by atomic mass is 16.5. The summed E-state index contributed by atoms with van der Waals surface area (Å²) in [5, 5.41) is 0.914. The van der Waals surface area contributed by atoms with Crippen molar-refractivity contribution in [3.8, 4) is 5.75 Å². The van der Waals surface area contributed by atoms with Gasteiger partial charge in [-0.3, -0.25) is 4.98 Å². The molecule has 126 valence electrons. The van der Waals surface area contributed by atoms with Gasteiger partial charge in [0.05, 0.1) is 18.5 Å². The summed E-state index contributed by atoms with van der Waals surface area (Å²) in [6, 6.07) is 17.1. The summed E-state index contributed by atoms with van der Waals surface area (Å²) in [6.45, 7) is 0. The third kappa shape index (κ3) is 3.37. The summed E-state index contributed by atoms with van der Waals surface area (Å²) in [5.41, 5.74) is 20.9. The smallest absolute Gasteiger partial charge is 0.191 e. The number of guanidine groups is 1. The Morgan fingerprint density at radius 2 is 1.72 bits per heavy atom. The fraction of sp³-hybridized carbons (Fsp3) is 0.0526. The first-order valence-electron chi connectivity index (χ1n) is 7.68. The molecule has 6 N–H and O–H groups in total. The van der Waals surface area contributed by atoms with E-state index in [-0.39, 0.29) is 5.96 Å². The van der Waals surface area contributed by atoms with E-state index < -0.39 is 0 Å². The van der Waals surface area contributed by atoms with Crippen LogP contribution in [-0.2, 0) is 0 Å². The van der Waals surface area contributed by atoms with Gasteiger partial charge in [0.1, 0.15) is 11.3 Å². The van der Waals surface area contributed by atoms with Gasteiger partial charge in [-0.25, -0.2) is 4.99 Å². The number of hydrogen-bond donors (Lipinski definition) is 3. The molecule has 0 fully saturated rings. The zero-order valence-corrected chi connectivity index (χ0v) is 13.8. The molecule has 3 rings (SSSR count). The van der Waals surface area contributed by atoms with Crippen LogP contribution in [0.2, 0.25) is 0 Å². The number of pyridine rings is 1. The predicted molar refractivity (Wildman–Crippen MR) is 102 cm³/mol. The van der Waals surface area contributed by atoms with Gasteiger partial charge in [-0.15, -0.1) is 0 Å². The molecule has 6 heteroatoms. The normalized spacial score (nSPS) is 11.7. The standard InChI is InChI=1S/C19H19N5O/c1-25-15-11-14(10-13-8-5-9-23-17(13)15)16(20)18(24-19(21)22)12-6-3-2-4-7-12/h2-11H,20H2,1H3,(H4,21,22,24)/b18-16-. The van der Waals surface area contributed by atoms with Gasteiger partial charge in [-0.05, 0) is 18.2 Å². The number of fused-ring (bicyclic) bond motifs is 1. The van der Waals surface area contributed by atoms with E-state index in [9.17, 15) is 0 Å².